The molecule has 0 saturated carbocycles. The van der Waals surface area contributed by atoms with E-state index in [4.69, 9.17) is 10.5 Å². The molecule has 1 aromatic rings. The number of amides is 1. The zero-order valence-electron chi connectivity index (χ0n) is 12.7. The van der Waals surface area contributed by atoms with Crippen LogP contribution in [0.5, 0.6) is 0 Å². The second-order valence-corrected chi connectivity index (χ2v) is 5.41. The Bertz CT molecular complexity index is 457. The molecule has 6 nitrogen and oxygen atoms in total. The van der Waals surface area contributed by atoms with Crippen molar-refractivity contribution >= 4 is 17.4 Å². The van der Waals surface area contributed by atoms with E-state index in [0.717, 1.165) is 38.5 Å². The van der Waals surface area contributed by atoms with Crippen LogP contribution in [0.25, 0.3) is 0 Å². The van der Waals surface area contributed by atoms with Crippen molar-refractivity contribution in [3.63, 3.8) is 0 Å². The fourth-order valence-corrected chi connectivity index (χ4v) is 2.18. The van der Waals surface area contributed by atoms with Gasteiger partial charge in [-0.05, 0) is 18.1 Å². The van der Waals surface area contributed by atoms with Crippen molar-refractivity contribution in [1.82, 2.24) is 4.98 Å². The summed E-state index contributed by atoms with van der Waals surface area (Å²) in [4.78, 5) is 18.6. The Morgan fingerprint density at radius 2 is 2.19 bits per heavy atom. The lowest BCUT2D eigenvalue weighted by atomic mass is 9.99. The number of nitrogens with one attached hydrogen (secondary N) is 1. The summed E-state index contributed by atoms with van der Waals surface area (Å²) in [5, 5.41) is 2.82. The zero-order valence-corrected chi connectivity index (χ0v) is 12.7. The number of hydrogen-bond donors (Lipinski definition) is 2. The highest BCUT2D eigenvalue weighted by atomic mass is 16.5. The number of ether oxygens (including phenoxy) is 1. The van der Waals surface area contributed by atoms with E-state index in [1.165, 1.54) is 0 Å². The lowest BCUT2D eigenvalue weighted by molar-refractivity contribution is -0.118. The molecule has 2 heterocycles. The quantitative estimate of drug-likeness (QED) is 0.853. The third-order valence-corrected chi connectivity index (χ3v) is 3.91. The molecule has 1 aromatic heterocycles. The van der Waals surface area contributed by atoms with Crippen molar-refractivity contribution in [2.24, 2.45) is 11.7 Å². The van der Waals surface area contributed by atoms with Crippen molar-refractivity contribution in [1.29, 1.82) is 0 Å². The van der Waals surface area contributed by atoms with Crippen LogP contribution >= 0.6 is 0 Å². The molecule has 2 rings (SSSR count). The minimum atomic E-state index is -0.492. The van der Waals surface area contributed by atoms with Gasteiger partial charge in [-0.3, -0.25) is 4.79 Å². The average molecular weight is 292 g/mol. The maximum Gasteiger partial charge on any atom is 0.241 e. The van der Waals surface area contributed by atoms with Crippen LogP contribution in [-0.2, 0) is 9.53 Å². The molecule has 1 aliphatic rings. The van der Waals surface area contributed by atoms with Crippen LogP contribution in [0.4, 0.5) is 11.5 Å². The molecule has 1 aliphatic heterocycles. The van der Waals surface area contributed by atoms with E-state index in [1.54, 1.807) is 6.20 Å². The third-order valence-electron chi connectivity index (χ3n) is 3.91. The number of nitrogens with two attached hydrogens (primary N) is 1. The summed E-state index contributed by atoms with van der Waals surface area (Å²) < 4.78 is 5.32. The highest BCUT2D eigenvalue weighted by Gasteiger charge is 2.19. The number of morpholine rings is 1. The van der Waals surface area contributed by atoms with E-state index in [-0.39, 0.29) is 11.8 Å². The van der Waals surface area contributed by atoms with Gasteiger partial charge < -0.3 is 20.7 Å². The van der Waals surface area contributed by atoms with Gasteiger partial charge in [0.2, 0.25) is 5.91 Å². The van der Waals surface area contributed by atoms with Crippen LogP contribution in [0.2, 0.25) is 0 Å². The van der Waals surface area contributed by atoms with E-state index in [9.17, 15) is 4.79 Å². The maximum atomic E-state index is 12.0. The van der Waals surface area contributed by atoms with E-state index < -0.39 is 6.04 Å². The number of anilines is 2. The van der Waals surface area contributed by atoms with Crippen LogP contribution in [0.3, 0.4) is 0 Å². The normalized spacial score (nSPS) is 18.1. The Morgan fingerprint density at radius 3 is 2.76 bits per heavy atom. The molecule has 21 heavy (non-hydrogen) atoms. The first-order chi connectivity index (χ1) is 10.1. The number of nitrogens with zero attached hydrogens (tertiary/aromatic N) is 2. The summed E-state index contributed by atoms with van der Waals surface area (Å²) in [6.07, 6.45) is 2.55. The van der Waals surface area contributed by atoms with Crippen molar-refractivity contribution in [3.05, 3.63) is 18.3 Å². The van der Waals surface area contributed by atoms with Gasteiger partial charge in [0, 0.05) is 13.1 Å². The Labute approximate surface area is 125 Å². The zero-order chi connectivity index (χ0) is 15.2. The van der Waals surface area contributed by atoms with Gasteiger partial charge >= 0.3 is 0 Å². The highest BCUT2D eigenvalue weighted by Crippen LogP contribution is 2.16. The van der Waals surface area contributed by atoms with Gasteiger partial charge in [0.05, 0.1) is 31.1 Å². The number of hydrogen-bond acceptors (Lipinski definition) is 5. The minimum Gasteiger partial charge on any atom is -0.378 e. The van der Waals surface area contributed by atoms with Crippen LogP contribution in [0, 0.1) is 5.92 Å². The van der Waals surface area contributed by atoms with Gasteiger partial charge in [-0.15, -0.1) is 0 Å². The summed E-state index contributed by atoms with van der Waals surface area (Å²) in [5.41, 5.74) is 6.59. The highest BCUT2D eigenvalue weighted by molar-refractivity contribution is 5.94. The molecule has 1 fully saturated rings. The van der Waals surface area contributed by atoms with Crippen molar-refractivity contribution < 1.29 is 9.53 Å². The van der Waals surface area contributed by atoms with E-state index in [0.29, 0.717) is 5.69 Å². The fourth-order valence-electron chi connectivity index (χ4n) is 2.18. The summed E-state index contributed by atoms with van der Waals surface area (Å²) in [5.74, 6) is 0.901. The van der Waals surface area contributed by atoms with Crippen molar-refractivity contribution in [3.8, 4) is 0 Å². The molecule has 116 valence electrons. The monoisotopic (exact) mass is 292 g/mol. The third kappa shape index (κ3) is 4.15. The number of aromatic nitrogens is 1. The molecule has 6 heteroatoms. The fraction of sp³-hybridized carbons (Fsp3) is 0.600. The molecular formula is C15H24N4O2. The van der Waals surface area contributed by atoms with Crippen molar-refractivity contribution in [2.45, 2.75) is 26.3 Å². The predicted molar refractivity (Wildman–Crippen MR) is 83.3 cm³/mol. The summed E-state index contributed by atoms with van der Waals surface area (Å²) in [6.45, 7) is 7.14. The lowest BCUT2D eigenvalue weighted by Gasteiger charge is -2.27. The molecule has 0 spiro atoms. The molecule has 0 aromatic carbocycles. The number of carbonyl (C=O) groups is 1. The van der Waals surface area contributed by atoms with Gasteiger partial charge in [-0.2, -0.15) is 0 Å². The van der Waals surface area contributed by atoms with E-state index >= 15 is 0 Å². The van der Waals surface area contributed by atoms with Crippen molar-refractivity contribution in [2.75, 3.05) is 36.5 Å². The SMILES string of the molecule is CCC(C)[C@H](N)C(=O)Nc1ccc(N2CCOCC2)nc1. The van der Waals surface area contributed by atoms with Crippen LogP contribution < -0.4 is 16.0 Å². The van der Waals surface area contributed by atoms with E-state index in [1.807, 2.05) is 26.0 Å². The first-order valence-electron chi connectivity index (χ1n) is 7.47. The van der Waals surface area contributed by atoms with Gasteiger partial charge in [-0.1, -0.05) is 20.3 Å². The molecule has 0 bridgehead atoms. The molecule has 0 radical (unpaired) electrons. The number of rotatable bonds is 5. The van der Waals surface area contributed by atoms with Gasteiger partial charge in [0.15, 0.2) is 0 Å². The predicted octanol–water partition coefficient (Wildman–Crippen LogP) is 1.23. The number of carbonyl (C=O) groups excluding carboxylic acids is 1. The summed E-state index contributed by atoms with van der Waals surface area (Å²) in [7, 11) is 0. The standard InChI is InChI=1S/C15H24N4O2/c1-3-11(2)14(16)15(20)18-12-4-5-13(17-10-12)19-6-8-21-9-7-19/h4-5,10-11,14H,3,6-9,16H2,1-2H3,(H,18,20)/t11?,14-/m0/s1. The Morgan fingerprint density at radius 1 is 1.48 bits per heavy atom. The Kier molecular flexibility index (Phi) is 5.52. The summed E-state index contributed by atoms with van der Waals surface area (Å²) >= 11 is 0. The molecule has 0 aliphatic carbocycles. The number of pyridine rings is 1. The van der Waals surface area contributed by atoms with Gasteiger partial charge in [0.25, 0.3) is 0 Å². The largest absolute Gasteiger partial charge is 0.378 e. The second-order valence-electron chi connectivity index (χ2n) is 5.41. The first kappa shape index (κ1) is 15.7. The Hall–Kier alpha value is -1.66. The molecule has 1 saturated heterocycles. The lowest BCUT2D eigenvalue weighted by Crippen LogP contribution is -2.40. The topological polar surface area (TPSA) is 80.5 Å². The van der Waals surface area contributed by atoms with Crippen LogP contribution in [0.15, 0.2) is 18.3 Å². The molecule has 1 amide bonds. The minimum absolute atomic E-state index is 0.158. The molecule has 2 atom stereocenters. The molecular weight excluding hydrogens is 268 g/mol. The van der Waals surface area contributed by atoms with Gasteiger partial charge in [0.1, 0.15) is 5.82 Å². The van der Waals surface area contributed by atoms with E-state index in [2.05, 4.69) is 15.2 Å². The summed E-state index contributed by atoms with van der Waals surface area (Å²) in [6, 6.07) is 3.28. The van der Waals surface area contributed by atoms with Crippen LogP contribution in [0.1, 0.15) is 20.3 Å². The molecule has 1 unspecified atom stereocenters. The average Bonchev–Trinajstić information content (AvgIpc) is 2.54. The molecule has 3 N–H and O–H groups in total. The van der Waals surface area contributed by atoms with Crippen LogP contribution in [-0.4, -0.2) is 43.2 Å². The maximum absolute atomic E-state index is 12.0. The first-order valence-corrected chi connectivity index (χ1v) is 7.47. The van der Waals surface area contributed by atoms with Gasteiger partial charge in [-0.25, -0.2) is 4.98 Å². The second kappa shape index (κ2) is 7.38. The smallest absolute Gasteiger partial charge is 0.241 e. The Balaban J connectivity index is 1.94.